The monoisotopic (exact) mass is 440 g/mol. The minimum absolute atomic E-state index is 0.130. The van der Waals surface area contributed by atoms with Crippen molar-refractivity contribution in [3.8, 4) is 5.75 Å². The maximum atomic E-state index is 9.86. The first-order valence-corrected chi connectivity index (χ1v) is 11.6. The fourth-order valence-electron chi connectivity index (χ4n) is 6.30. The molecule has 0 saturated heterocycles. The lowest BCUT2D eigenvalue weighted by molar-refractivity contribution is 0.0955. The Kier molecular flexibility index (Phi) is 5.15. The van der Waals surface area contributed by atoms with E-state index in [2.05, 4.69) is 18.1 Å². The third kappa shape index (κ3) is 3.27. The molecule has 0 heterocycles. The van der Waals surface area contributed by atoms with Crippen LogP contribution in [0, 0.1) is 17.3 Å². The molecule has 2 saturated carbocycles. The Bertz CT molecular complexity index is 1050. The number of fused-ring (bicyclic) bond motifs is 5. The van der Waals surface area contributed by atoms with Crippen molar-refractivity contribution in [2.24, 2.45) is 27.5 Å². The van der Waals surface area contributed by atoms with Gasteiger partial charge in [-0.1, -0.05) is 48.3 Å². The smallest absolute Gasteiger partial charge is 0.115 e. The lowest BCUT2D eigenvalue weighted by Gasteiger charge is -2.49. The highest BCUT2D eigenvalue weighted by Crippen LogP contribution is 2.60. The van der Waals surface area contributed by atoms with Gasteiger partial charge in [0.2, 0.25) is 0 Å². The van der Waals surface area contributed by atoms with E-state index in [0.717, 1.165) is 24.8 Å². The van der Waals surface area contributed by atoms with Crippen LogP contribution in [0.1, 0.15) is 61.6 Å². The van der Waals surface area contributed by atoms with E-state index in [-0.39, 0.29) is 5.41 Å². The van der Waals surface area contributed by atoms with Gasteiger partial charge in [0.1, 0.15) is 5.75 Å². The van der Waals surface area contributed by atoms with Gasteiger partial charge in [-0.05, 0) is 85.6 Å². The summed E-state index contributed by atoms with van der Waals surface area (Å²) in [6.07, 6.45) is 8.52. The minimum Gasteiger partial charge on any atom is -0.508 e. The van der Waals surface area contributed by atoms with Crippen LogP contribution in [0.2, 0.25) is 10.0 Å². The lowest BCUT2D eigenvalue weighted by Crippen LogP contribution is -2.42. The van der Waals surface area contributed by atoms with Crippen LogP contribution in [0.4, 0.5) is 0 Å². The number of hydrogen-bond acceptors (Lipinski definition) is 3. The number of nitrogens with zero attached hydrogens (tertiary/aromatic N) is 2. The molecule has 3 aliphatic rings. The number of rotatable bonds is 2. The van der Waals surface area contributed by atoms with Crippen molar-refractivity contribution in [2.45, 2.75) is 51.4 Å². The second kappa shape index (κ2) is 7.69. The number of hydrogen-bond donors (Lipinski definition) is 1. The molecule has 0 radical (unpaired) electrons. The summed E-state index contributed by atoms with van der Waals surface area (Å²) >= 11 is 12.4. The Hall–Kier alpha value is -1.84. The summed E-state index contributed by atoms with van der Waals surface area (Å²) in [5.41, 5.74) is 4.96. The molecule has 3 aliphatic carbocycles. The molecule has 5 rings (SSSR count). The molecule has 0 amide bonds. The summed E-state index contributed by atoms with van der Waals surface area (Å²) in [6.45, 7) is 2.40. The second-order valence-corrected chi connectivity index (χ2v) is 10.0. The summed E-state index contributed by atoms with van der Waals surface area (Å²) in [6, 6.07) is 11.5. The van der Waals surface area contributed by atoms with Crippen LogP contribution >= 0.6 is 23.2 Å². The summed E-state index contributed by atoms with van der Waals surface area (Å²) < 4.78 is 0. The maximum absolute atomic E-state index is 9.86. The van der Waals surface area contributed by atoms with Crippen molar-refractivity contribution < 1.29 is 5.11 Å². The van der Waals surface area contributed by atoms with Gasteiger partial charge in [-0.2, -0.15) is 10.2 Å². The number of phenols is 1. The molecule has 1 N–H and O–H groups in total. The summed E-state index contributed by atoms with van der Waals surface area (Å²) in [4.78, 5) is 0. The molecular formula is C25H26Cl2N2O. The molecule has 0 spiro atoms. The van der Waals surface area contributed by atoms with Crippen LogP contribution in [0.3, 0.4) is 0 Å². The molecule has 2 fully saturated rings. The molecule has 0 aliphatic heterocycles. The van der Waals surface area contributed by atoms with Crippen LogP contribution in [-0.2, 0) is 6.42 Å². The molecule has 4 unspecified atom stereocenters. The fourth-order valence-corrected chi connectivity index (χ4v) is 6.66. The summed E-state index contributed by atoms with van der Waals surface area (Å²) in [5.74, 6) is 2.35. The molecule has 0 bridgehead atoms. The Morgan fingerprint density at radius 1 is 1.10 bits per heavy atom. The Labute approximate surface area is 187 Å². The number of aromatic hydroxyl groups is 1. The van der Waals surface area contributed by atoms with E-state index in [9.17, 15) is 5.11 Å². The zero-order valence-corrected chi connectivity index (χ0v) is 18.6. The van der Waals surface area contributed by atoms with E-state index < -0.39 is 0 Å². The zero-order valence-electron chi connectivity index (χ0n) is 17.1. The zero-order chi connectivity index (χ0) is 20.9. The van der Waals surface area contributed by atoms with Crippen molar-refractivity contribution in [3.63, 3.8) is 0 Å². The third-order valence-electron chi connectivity index (χ3n) is 7.81. The number of phenolic OH excluding ortho intramolecular Hbond substituents is 1. The second-order valence-electron chi connectivity index (χ2n) is 9.23. The van der Waals surface area contributed by atoms with Gasteiger partial charge >= 0.3 is 0 Å². The Morgan fingerprint density at radius 2 is 1.97 bits per heavy atom. The molecule has 5 heteroatoms. The largest absolute Gasteiger partial charge is 0.508 e. The first kappa shape index (κ1) is 20.1. The number of benzene rings is 2. The van der Waals surface area contributed by atoms with E-state index in [1.54, 1.807) is 12.3 Å². The first-order valence-electron chi connectivity index (χ1n) is 10.8. The van der Waals surface area contributed by atoms with Crippen molar-refractivity contribution >= 4 is 35.1 Å². The van der Waals surface area contributed by atoms with Crippen molar-refractivity contribution in [1.29, 1.82) is 0 Å². The van der Waals surface area contributed by atoms with Crippen molar-refractivity contribution in [1.82, 2.24) is 0 Å². The van der Waals surface area contributed by atoms with Crippen molar-refractivity contribution in [3.05, 3.63) is 63.1 Å². The van der Waals surface area contributed by atoms with E-state index >= 15 is 0 Å². The van der Waals surface area contributed by atoms with E-state index in [1.807, 2.05) is 24.3 Å². The first-order chi connectivity index (χ1) is 14.5. The predicted octanol–water partition coefficient (Wildman–Crippen LogP) is 7.03. The van der Waals surface area contributed by atoms with Crippen molar-refractivity contribution in [2.75, 3.05) is 0 Å². The fraction of sp³-hybridized carbons (Fsp3) is 0.440. The van der Waals surface area contributed by atoms with Crippen LogP contribution in [0.15, 0.2) is 46.6 Å². The standard InChI is InChI=1S/C25H26Cl2N2O/c1-25-12-11-19-18-8-6-17(30)13-15(18)5-7-20(19)21(25)9-10-23(25)29-28-14-16-3-2-4-22(26)24(16)27/h2-4,6,8,13-14,19-21,30H,5,7,9-12H2,1H3/b28-14+,29-23+. The summed E-state index contributed by atoms with van der Waals surface area (Å²) in [7, 11) is 0. The molecule has 156 valence electrons. The van der Waals surface area contributed by atoms with E-state index in [0.29, 0.717) is 33.5 Å². The molecule has 2 aromatic carbocycles. The molecule has 30 heavy (non-hydrogen) atoms. The highest BCUT2D eigenvalue weighted by molar-refractivity contribution is 6.43. The Balaban J connectivity index is 1.39. The van der Waals surface area contributed by atoms with Crippen LogP contribution in [0.25, 0.3) is 0 Å². The molecule has 3 nitrogen and oxygen atoms in total. The average Bonchev–Trinajstić information content (AvgIpc) is 3.07. The van der Waals surface area contributed by atoms with Gasteiger partial charge in [-0.15, -0.1) is 0 Å². The third-order valence-corrected chi connectivity index (χ3v) is 8.64. The van der Waals surface area contributed by atoms with Crippen LogP contribution in [-0.4, -0.2) is 17.0 Å². The molecule has 0 aromatic heterocycles. The Morgan fingerprint density at radius 3 is 2.83 bits per heavy atom. The number of aryl methyl sites for hydroxylation is 1. The van der Waals surface area contributed by atoms with Gasteiger partial charge in [-0.25, -0.2) is 0 Å². The number of halogens is 2. The van der Waals surface area contributed by atoms with E-state index in [1.165, 1.54) is 36.1 Å². The van der Waals surface area contributed by atoms with Gasteiger partial charge in [0, 0.05) is 16.7 Å². The van der Waals surface area contributed by atoms with Gasteiger partial charge in [0.25, 0.3) is 0 Å². The highest BCUT2D eigenvalue weighted by atomic mass is 35.5. The van der Waals surface area contributed by atoms with Gasteiger partial charge in [-0.3, -0.25) is 0 Å². The van der Waals surface area contributed by atoms with Gasteiger partial charge in [0.15, 0.2) is 0 Å². The minimum atomic E-state index is 0.130. The summed E-state index contributed by atoms with van der Waals surface area (Å²) in [5, 5.41) is 20.0. The van der Waals surface area contributed by atoms with Crippen LogP contribution in [0.5, 0.6) is 5.75 Å². The quantitative estimate of drug-likeness (QED) is 0.395. The van der Waals surface area contributed by atoms with Gasteiger partial charge in [0.05, 0.1) is 16.3 Å². The normalized spacial score (nSPS) is 31.6. The lowest BCUT2D eigenvalue weighted by atomic mass is 9.55. The molecule has 4 atom stereocenters. The SMILES string of the molecule is CC12CCC3c4ccc(O)cc4CCC3C1CC/C2=N\N=C\c1cccc(Cl)c1Cl. The molecule has 2 aromatic rings. The maximum Gasteiger partial charge on any atom is 0.115 e. The average molecular weight is 441 g/mol. The predicted molar refractivity (Wildman–Crippen MR) is 124 cm³/mol. The van der Waals surface area contributed by atoms with Crippen LogP contribution < -0.4 is 0 Å². The molecular weight excluding hydrogens is 415 g/mol. The highest BCUT2D eigenvalue weighted by Gasteiger charge is 2.53. The topological polar surface area (TPSA) is 45.0 Å². The van der Waals surface area contributed by atoms with Gasteiger partial charge < -0.3 is 5.11 Å². The van der Waals surface area contributed by atoms with E-state index in [4.69, 9.17) is 28.3 Å².